The number of carbonyl (C=O) groups is 2. The Morgan fingerprint density at radius 2 is 1.90 bits per heavy atom. The van der Waals surface area contributed by atoms with Crippen LogP contribution in [0, 0.1) is 5.82 Å². The largest absolute Gasteiger partial charge is 0.462 e. The summed E-state index contributed by atoms with van der Waals surface area (Å²) in [5, 5.41) is 4.83. The average molecular weight is 422 g/mol. The highest BCUT2D eigenvalue weighted by Gasteiger charge is 2.18. The Morgan fingerprint density at radius 1 is 1.10 bits per heavy atom. The van der Waals surface area contributed by atoms with E-state index < -0.39 is 5.97 Å². The minimum absolute atomic E-state index is 0.281. The van der Waals surface area contributed by atoms with Gasteiger partial charge in [0.15, 0.2) is 0 Å². The zero-order chi connectivity index (χ0) is 21.1. The van der Waals surface area contributed by atoms with E-state index in [1.54, 1.807) is 54.7 Å². The maximum atomic E-state index is 13.3. The number of hydrogen-bond donors (Lipinski definition) is 1. The normalized spacial score (nSPS) is 10.9. The summed E-state index contributed by atoms with van der Waals surface area (Å²) in [6.07, 6.45) is 0. The number of thiophene rings is 1. The van der Waals surface area contributed by atoms with E-state index in [2.05, 4.69) is 5.32 Å². The minimum atomic E-state index is -0.436. The van der Waals surface area contributed by atoms with E-state index in [9.17, 15) is 14.0 Å². The summed E-state index contributed by atoms with van der Waals surface area (Å²) < 4.78 is 21.2. The summed E-state index contributed by atoms with van der Waals surface area (Å²) in [6, 6.07) is 16.7. The summed E-state index contributed by atoms with van der Waals surface area (Å²) in [7, 11) is 0. The SMILES string of the molecule is CCOC(=O)c1cccc(NC(=O)c2cc3sccc3n2Cc2ccc(F)cc2)c1. The van der Waals surface area contributed by atoms with Gasteiger partial charge in [0.1, 0.15) is 11.5 Å². The van der Waals surface area contributed by atoms with Crippen LogP contribution in [0.4, 0.5) is 10.1 Å². The van der Waals surface area contributed by atoms with Gasteiger partial charge < -0.3 is 14.6 Å². The fourth-order valence-corrected chi connectivity index (χ4v) is 4.06. The van der Waals surface area contributed by atoms with Gasteiger partial charge in [0.05, 0.1) is 22.4 Å². The highest BCUT2D eigenvalue weighted by Crippen LogP contribution is 2.27. The molecule has 0 aliphatic heterocycles. The Labute approximate surface area is 176 Å². The molecule has 0 radical (unpaired) electrons. The van der Waals surface area contributed by atoms with Crippen molar-refractivity contribution in [2.45, 2.75) is 13.5 Å². The predicted molar refractivity (Wildman–Crippen MR) is 116 cm³/mol. The van der Waals surface area contributed by atoms with Gasteiger partial charge in [-0.1, -0.05) is 18.2 Å². The van der Waals surface area contributed by atoms with Gasteiger partial charge in [0.25, 0.3) is 5.91 Å². The van der Waals surface area contributed by atoms with Crippen LogP contribution >= 0.6 is 11.3 Å². The molecule has 0 fully saturated rings. The number of anilines is 1. The molecule has 0 saturated carbocycles. The zero-order valence-corrected chi connectivity index (χ0v) is 17.0. The third kappa shape index (κ3) is 4.11. The molecule has 4 rings (SSSR count). The first kappa shape index (κ1) is 19.8. The third-order valence-electron chi connectivity index (χ3n) is 4.64. The van der Waals surface area contributed by atoms with Crippen LogP contribution in [0.2, 0.25) is 0 Å². The van der Waals surface area contributed by atoms with Crippen LogP contribution in [-0.4, -0.2) is 23.1 Å². The van der Waals surface area contributed by atoms with Gasteiger partial charge in [0, 0.05) is 12.2 Å². The van der Waals surface area contributed by atoms with Gasteiger partial charge in [-0.2, -0.15) is 0 Å². The molecule has 0 aliphatic carbocycles. The molecule has 152 valence electrons. The number of carbonyl (C=O) groups excluding carboxylic acids is 2. The number of ether oxygens (including phenoxy) is 1. The maximum Gasteiger partial charge on any atom is 0.338 e. The molecule has 0 bridgehead atoms. The van der Waals surface area contributed by atoms with Gasteiger partial charge in [-0.25, -0.2) is 9.18 Å². The quantitative estimate of drug-likeness (QED) is 0.428. The van der Waals surface area contributed by atoms with E-state index in [4.69, 9.17) is 4.74 Å². The molecule has 5 nitrogen and oxygen atoms in total. The number of nitrogens with zero attached hydrogens (tertiary/aromatic N) is 1. The summed E-state index contributed by atoms with van der Waals surface area (Å²) in [4.78, 5) is 25.0. The monoisotopic (exact) mass is 422 g/mol. The van der Waals surface area contributed by atoms with Crippen molar-refractivity contribution in [1.82, 2.24) is 4.57 Å². The van der Waals surface area contributed by atoms with Gasteiger partial charge in [-0.3, -0.25) is 4.79 Å². The van der Waals surface area contributed by atoms with Gasteiger partial charge >= 0.3 is 5.97 Å². The second kappa shape index (κ2) is 8.51. The first-order valence-corrected chi connectivity index (χ1v) is 10.3. The highest BCUT2D eigenvalue weighted by molar-refractivity contribution is 7.17. The fourth-order valence-electron chi connectivity index (χ4n) is 3.24. The van der Waals surface area contributed by atoms with E-state index in [0.717, 1.165) is 15.8 Å². The number of esters is 1. The Kier molecular flexibility index (Phi) is 5.63. The highest BCUT2D eigenvalue weighted by atomic mass is 32.1. The molecule has 1 amide bonds. The summed E-state index contributed by atoms with van der Waals surface area (Å²) in [5.74, 6) is -1.03. The molecule has 0 atom stereocenters. The standard InChI is InChI=1S/C23H19FN2O3S/c1-2-29-23(28)16-4-3-5-18(12-16)25-22(27)20-13-21-19(10-11-30-21)26(20)14-15-6-8-17(24)9-7-15/h3-13H,2,14H2,1H3,(H,25,27). The van der Waals surface area contributed by atoms with E-state index in [1.165, 1.54) is 12.1 Å². The molecule has 2 aromatic heterocycles. The van der Waals surface area contributed by atoms with Crippen molar-refractivity contribution in [2.75, 3.05) is 11.9 Å². The number of nitrogens with one attached hydrogen (secondary N) is 1. The Hall–Kier alpha value is -3.45. The molecule has 0 saturated heterocycles. The van der Waals surface area contributed by atoms with Crippen LogP contribution in [0.15, 0.2) is 66.0 Å². The van der Waals surface area contributed by atoms with Crippen molar-refractivity contribution in [1.29, 1.82) is 0 Å². The minimum Gasteiger partial charge on any atom is -0.462 e. The van der Waals surface area contributed by atoms with Crippen LogP contribution in [0.5, 0.6) is 0 Å². The molecule has 0 aliphatic rings. The molecule has 0 spiro atoms. The lowest BCUT2D eigenvalue weighted by molar-refractivity contribution is 0.0526. The van der Waals surface area contributed by atoms with Crippen molar-refractivity contribution in [3.05, 3.63) is 88.7 Å². The number of hydrogen-bond acceptors (Lipinski definition) is 4. The van der Waals surface area contributed by atoms with E-state index >= 15 is 0 Å². The molecule has 2 aromatic carbocycles. The van der Waals surface area contributed by atoms with Crippen LogP contribution in [-0.2, 0) is 11.3 Å². The smallest absolute Gasteiger partial charge is 0.338 e. The first-order valence-electron chi connectivity index (χ1n) is 9.45. The van der Waals surface area contributed by atoms with Crippen LogP contribution in [0.3, 0.4) is 0 Å². The molecule has 0 unspecified atom stereocenters. The second-order valence-electron chi connectivity index (χ2n) is 6.67. The van der Waals surface area contributed by atoms with Crippen LogP contribution < -0.4 is 5.32 Å². The zero-order valence-electron chi connectivity index (χ0n) is 16.2. The van der Waals surface area contributed by atoms with Crippen LogP contribution in [0.25, 0.3) is 10.2 Å². The topological polar surface area (TPSA) is 60.3 Å². The predicted octanol–water partition coefficient (Wildman–Crippen LogP) is 5.32. The molecule has 2 heterocycles. The van der Waals surface area contributed by atoms with Gasteiger partial charge in [0.2, 0.25) is 0 Å². The van der Waals surface area contributed by atoms with E-state index in [0.29, 0.717) is 23.5 Å². The number of aromatic nitrogens is 1. The number of rotatable bonds is 6. The van der Waals surface area contributed by atoms with Crippen LogP contribution in [0.1, 0.15) is 33.3 Å². The number of fused-ring (bicyclic) bond motifs is 1. The number of benzene rings is 2. The van der Waals surface area contributed by atoms with Crippen molar-refractivity contribution < 1.29 is 18.7 Å². The summed E-state index contributed by atoms with van der Waals surface area (Å²) in [5.41, 5.74) is 3.19. The second-order valence-corrected chi connectivity index (χ2v) is 7.62. The summed E-state index contributed by atoms with van der Waals surface area (Å²) in [6.45, 7) is 2.46. The molecule has 7 heteroatoms. The Bertz CT molecular complexity index is 1210. The molecule has 1 N–H and O–H groups in total. The third-order valence-corrected chi connectivity index (χ3v) is 5.49. The van der Waals surface area contributed by atoms with E-state index in [1.807, 2.05) is 22.1 Å². The molecule has 30 heavy (non-hydrogen) atoms. The fraction of sp³-hybridized carbons (Fsp3) is 0.130. The Balaban J connectivity index is 1.62. The average Bonchev–Trinajstić information content (AvgIpc) is 3.33. The van der Waals surface area contributed by atoms with Crippen molar-refractivity contribution in [3.63, 3.8) is 0 Å². The molecule has 4 aromatic rings. The van der Waals surface area contributed by atoms with Gasteiger partial charge in [-0.05, 0) is 60.3 Å². The summed E-state index contributed by atoms with van der Waals surface area (Å²) >= 11 is 1.55. The lowest BCUT2D eigenvalue weighted by Crippen LogP contribution is -2.18. The van der Waals surface area contributed by atoms with Crippen molar-refractivity contribution in [2.24, 2.45) is 0 Å². The maximum absolute atomic E-state index is 13.3. The Morgan fingerprint density at radius 3 is 2.67 bits per heavy atom. The van der Waals surface area contributed by atoms with Crippen molar-refractivity contribution >= 4 is 39.1 Å². The molecular formula is C23H19FN2O3S. The van der Waals surface area contributed by atoms with Gasteiger partial charge in [-0.15, -0.1) is 11.3 Å². The lowest BCUT2D eigenvalue weighted by atomic mass is 10.2. The first-order chi connectivity index (χ1) is 14.5. The van der Waals surface area contributed by atoms with Crippen molar-refractivity contribution in [3.8, 4) is 0 Å². The lowest BCUT2D eigenvalue weighted by Gasteiger charge is -2.12. The van der Waals surface area contributed by atoms with E-state index in [-0.39, 0.29) is 18.3 Å². The molecular weight excluding hydrogens is 403 g/mol. The number of amides is 1. The number of halogens is 1.